The van der Waals surface area contributed by atoms with E-state index in [0.29, 0.717) is 6.54 Å². The molecule has 0 radical (unpaired) electrons. The fraction of sp³-hybridized carbons (Fsp3) is 0.273. The van der Waals surface area contributed by atoms with Crippen molar-refractivity contribution < 1.29 is 9.59 Å². The van der Waals surface area contributed by atoms with Gasteiger partial charge < -0.3 is 10.6 Å². The van der Waals surface area contributed by atoms with Gasteiger partial charge in [-0.1, -0.05) is 36.4 Å². The molecule has 0 aliphatic carbocycles. The van der Waals surface area contributed by atoms with Crippen molar-refractivity contribution in [1.29, 1.82) is 0 Å². The number of carbonyl (C=O) groups is 2. The lowest BCUT2D eigenvalue weighted by atomic mass is 10.0. The van der Waals surface area contributed by atoms with Crippen LogP contribution in [-0.4, -0.2) is 42.4 Å². The van der Waals surface area contributed by atoms with E-state index in [1.165, 1.54) is 11.3 Å². The molecule has 3 aromatic rings. The summed E-state index contributed by atoms with van der Waals surface area (Å²) < 4.78 is 0. The first-order chi connectivity index (χ1) is 13.7. The molecule has 5 nitrogen and oxygen atoms in total. The van der Waals surface area contributed by atoms with Gasteiger partial charge in [-0.25, -0.2) is 0 Å². The Morgan fingerprint density at radius 1 is 1.04 bits per heavy atom. The van der Waals surface area contributed by atoms with E-state index in [1.807, 2.05) is 59.3 Å². The van der Waals surface area contributed by atoms with Crippen LogP contribution in [0.25, 0.3) is 10.8 Å². The normalized spacial score (nSPS) is 15.4. The summed E-state index contributed by atoms with van der Waals surface area (Å²) in [5.74, 6) is -0.00879. The number of thiophene rings is 1. The third-order valence-corrected chi connectivity index (χ3v) is 5.82. The topological polar surface area (TPSA) is 61.4 Å². The minimum absolute atomic E-state index is 0.00267. The number of nitrogens with one attached hydrogen (secondary N) is 2. The summed E-state index contributed by atoms with van der Waals surface area (Å²) in [4.78, 5) is 26.8. The van der Waals surface area contributed by atoms with E-state index in [2.05, 4.69) is 15.5 Å². The molecule has 2 heterocycles. The molecule has 0 atom stereocenters. The van der Waals surface area contributed by atoms with Crippen LogP contribution in [0.2, 0.25) is 0 Å². The summed E-state index contributed by atoms with van der Waals surface area (Å²) in [6.45, 7) is 1.98. The fourth-order valence-corrected chi connectivity index (χ4v) is 4.26. The van der Waals surface area contributed by atoms with Crippen molar-refractivity contribution >= 4 is 39.6 Å². The zero-order valence-corrected chi connectivity index (χ0v) is 16.4. The second kappa shape index (κ2) is 8.54. The number of piperidine rings is 1. The lowest BCUT2D eigenvalue weighted by molar-refractivity contribution is -0.117. The SMILES string of the molecule is O=C(CN1CCC(NC(=O)c2ccsc2)CC1)Nc1cccc2ccccc12. The molecule has 2 amide bonds. The van der Waals surface area contributed by atoms with Crippen LogP contribution < -0.4 is 10.6 Å². The molecule has 144 valence electrons. The van der Waals surface area contributed by atoms with Gasteiger partial charge in [-0.15, -0.1) is 0 Å². The van der Waals surface area contributed by atoms with Gasteiger partial charge in [0.1, 0.15) is 0 Å². The van der Waals surface area contributed by atoms with Gasteiger partial charge in [-0.3, -0.25) is 14.5 Å². The molecule has 1 aromatic heterocycles. The third kappa shape index (κ3) is 4.40. The van der Waals surface area contributed by atoms with Gasteiger partial charge in [0.05, 0.1) is 6.54 Å². The number of carbonyl (C=O) groups excluding carboxylic acids is 2. The minimum Gasteiger partial charge on any atom is -0.349 e. The van der Waals surface area contributed by atoms with Gasteiger partial charge in [-0.05, 0) is 35.7 Å². The van der Waals surface area contributed by atoms with Crippen LogP contribution in [0, 0.1) is 0 Å². The maximum atomic E-state index is 12.5. The predicted octanol–water partition coefficient (Wildman–Crippen LogP) is 3.73. The average molecular weight is 394 g/mol. The summed E-state index contributed by atoms with van der Waals surface area (Å²) in [5.41, 5.74) is 1.57. The Hall–Kier alpha value is -2.70. The maximum Gasteiger partial charge on any atom is 0.252 e. The lowest BCUT2D eigenvalue weighted by Gasteiger charge is -2.31. The van der Waals surface area contributed by atoms with E-state index in [-0.39, 0.29) is 17.9 Å². The number of amides is 2. The van der Waals surface area contributed by atoms with E-state index in [0.717, 1.165) is 48.0 Å². The Bertz CT molecular complexity index is 958. The van der Waals surface area contributed by atoms with Crippen molar-refractivity contribution in [2.45, 2.75) is 18.9 Å². The van der Waals surface area contributed by atoms with Gasteiger partial charge in [0.25, 0.3) is 5.91 Å². The Kier molecular flexibility index (Phi) is 5.69. The monoisotopic (exact) mass is 393 g/mol. The molecule has 0 saturated carbocycles. The molecule has 4 rings (SSSR count). The zero-order chi connectivity index (χ0) is 19.3. The predicted molar refractivity (Wildman–Crippen MR) is 114 cm³/mol. The van der Waals surface area contributed by atoms with Crippen molar-refractivity contribution in [1.82, 2.24) is 10.2 Å². The van der Waals surface area contributed by atoms with E-state index < -0.39 is 0 Å². The highest BCUT2D eigenvalue weighted by Crippen LogP contribution is 2.23. The van der Waals surface area contributed by atoms with Gasteiger partial charge in [0.2, 0.25) is 5.91 Å². The Morgan fingerprint density at radius 3 is 2.61 bits per heavy atom. The Balaban J connectivity index is 1.27. The highest BCUT2D eigenvalue weighted by atomic mass is 32.1. The summed E-state index contributed by atoms with van der Waals surface area (Å²) in [6.07, 6.45) is 1.72. The summed E-state index contributed by atoms with van der Waals surface area (Å²) in [7, 11) is 0. The summed E-state index contributed by atoms with van der Waals surface area (Å²) in [5, 5.41) is 12.1. The van der Waals surface area contributed by atoms with E-state index in [1.54, 1.807) is 0 Å². The highest BCUT2D eigenvalue weighted by molar-refractivity contribution is 7.08. The molecule has 0 spiro atoms. The average Bonchev–Trinajstić information content (AvgIpc) is 3.25. The molecule has 0 unspecified atom stereocenters. The quantitative estimate of drug-likeness (QED) is 0.694. The van der Waals surface area contributed by atoms with Gasteiger partial charge in [-0.2, -0.15) is 11.3 Å². The van der Waals surface area contributed by atoms with E-state index in [4.69, 9.17) is 0 Å². The largest absolute Gasteiger partial charge is 0.349 e. The van der Waals surface area contributed by atoms with E-state index >= 15 is 0 Å². The third-order valence-electron chi connectivity index (χ3n) is 5.14. The Labute approximate surface area is 168 Å². The molecule has 1 saturated heterocycles. The first-order valence-electron chi connectivity index (χ1n) is 9.52. The van der Waals surface area contributed by atoms with E-state index in [9.17, 15) is 9.59 Å². The second-order valence-electron chi connectivity index (χ2n) is 7.11. The number of rotatable bonds is 5. The fourth-order valence-electron chi connectivity index (χ4n) is 3.63. The van der Waals surface area contributed by atoms with Crippen LogP contribution in [0.15, 0.2) is 59.3 Å². The van der Waals surface area contributed by atoms with Crippen molar-refractivity contribution in [3.63, 3.8) is 0 Å². The number of hydrogen-bond donors (Lipinski definition) is 2. The molecule has 1 aliphatic rings. The summed E-state index contributed by atoms with van der Waals surface area (Å²) >= 11 is 1.52. The molecule has 2 aromatic carbocycles. The molecule has 0 bridgehead atoms. The van der Waals surface area contributed by atoms with Gasteiger partial charge >= 0.3 is 0 Å². The molecule has 28 heavy (non-hydrogen) atoms. The van der Waals surface area contributed by atoms with Crippen molar-refractivity contribution in [2.75, 3.05) is 25.0 Å². The Morgan fingerprint density at radius 2 is 1.82 bits per heavy atom. The minimum atomic E-state index is -0.00611. The van der Waals surface area contributed by atoms with Gasteiger partial charge in [0.15, 0.2) is 0 Å². The number of anilines is 1. The number of nitrogens with zero attached hydrogens (tertiary/aromatic N) is 1. The molecular formula is C22H23N3O2S. The van der Waals surface area contributed by atoms with Crippen LogP contribution in [0.3, 0.4) is 0 Å². The van der Waals surface area contributed by atoms with Gasteiger partial charge in [0, 0.05) is 41.1 Å². The molecule has 2 N–H and O–H groups in total. The standard InChI is InChI=1S/C22H23N3O2S/c26-21(24-20-7-3-5-16-4-1-2-6-19(16)20)14-25-11-8-18(9-12-25)23-22(27)17-10-13-28-15-17/h1-7,10,13,15,18H,8-9,11-12,14H2,(H,23,27)(H,24,26). The van der Waals surface area contributed by atoms with Crippen molar-refractivity contribution in [3.8, 4) is 0 Å². The van der Waals surface area contributed by atoms with Crippen LogP contribution in [0.5, 0.6) is 0 Å². The number of hydrogen-bond acceptors (Lipinski definition) is 4. The molecule has 1 aliphatic heterocycles. The van der Waals surface area contributed by atoms with Crippen LogP contribution in [-0.2, 0) is 4.79 Å². The molecule has 1 fully saturated rings. The second-order valence-corrected chi connectivity index (χ2v) is 7.89. The zero-order valence-electron chi connectivity index (χ0n) is 15.6. The van der Waals surface area contributed by atoms with Crippen LogP contribution in [0.1, 0.15) is 23.2 Å². The number of fused-ring (bicyclic) bond motifs is 1. The number of benzene rings is 2. The first kappa shape index (κ1) is 18.7. The molecule has 6 heteroatoms. The maximum absolute atomic E-state index is 12.5. The van der Waals surface area contributed by atoms with Crippen LogP contribution in [0.4, 0.5) is 5.69 Å². The lowest BCUT2D eigenvalue weighted by Crippen LogP contribution is -2.46. The first-order valence-corrected chi connectivity index (χ1v) is 10.5. The van der Waals surface area contributed by atoms with Crippen molar-refractivity contribution in [2.24, 2.45) is 0 Å². The molecular weight excluding hydrogens is 370 g/mol. The van der Waals surface area contributed by atoms with Crippen LogP contribution >= 0.6 is 11.3 Å². The smallest absolute Gasteiger partial charge is 0.252 e. The van der Waals surface area contributed by atoms with Crippen molar-refractivity contribution in [3.05, 3.63) is 64.9 Å². The summed E-state index contributed by atoms with van der Waals surface area (Å²) in [6, 6.07) is 16.0. The highest BCUT2D eigenvalue weighted by Gasteiger charge is 2.22. The number of likely N-dealkylation sites (tertiary alicyclic amines) is 1.